The van der Waals surface area contributed by atoms with E-state index < -0.39 is 29.6 Å². The third-order valence-corrected chi connectivity index (χ3v) is 6.57. The molecule has 4 rings (SSSR count). The SMILES string of the molecule is COc1ccc(CCN(C(=O)c2ccccc2F)C2CC(=O)N(c3ccc(Br)cc3)C2=O)cc1OC. The molecule has 9 heteroatoms. The monoisotopic (exact) mass is 554 g/mol. The van der Waals surface area contributed by atoms with Crippen molar-refractivity contribution in [1.29, 1.82) is 0 Å². The van der Waals surface area contributed by atoms with Crippen LogP contribution in [-0.4, -0.2) is 49.4 Å². The van der Waals surface area contributed by atoms with Gasteiger partial charge in [-0.25, -0.2) is 9.29 Å². The van der Waals surface area contributed by atoms with E-state index in [2.05, 4.69) is 15.9 Å². The van der Waals surface area contributed by atoms with Gasteiger partial charge >= 0.3 is 0 Å². The van der Waals surface area contributed by atoms with Crippen molar-refractivity contribution >= 4 is 39.3 Å². The Hall–Kier alpha value is -3.72. The van der Waals surface area contributed by atoms with Crippen molar-refractivity contribution in [1.82, 2.24) is 4.90 Å². The molecule has 1 aliphatic rings. The number of methoxy groups -OCH3 is 2. The Labute approximate surface area is 216 Å². The molecule has 7 nitrogen and oxygen atoms in total. The lowest BCUT2D eigenvalue weighted by atomic mass is 10.1. The molecule has 3 aromatic carbocycles. The highest BCUT2D eigenvalue weighted by Gasteiger charge is 2.44. The maximum absolute atomic E-state index is 14.5. The molecule has 3 amide bonds. The highest BCUT2D eigenvalue weighted by atomic mass is 79.9. The fraction of sp³-hybridized carbons (Fsp3) is 0.222. The van der Waals surface area contributed by atoms with Gasteiger partial charge in [-0.05, 0) is 60.5 Å². The van der Waals surface area contributed by atoms with E-state index in [4.69, 9.17) is 9.47 Å². The molecule has 0 saturated carbocycles. The van der Waals surface area contributed by atoms with Gasteiger partial charge in [0.25, 0.3) is 11.8 Å². The Morgan fingerprint density at radius 3 is 2.39 bits per heavy atom. The molecule has 0 N–H and O–H groups in total. The molecule has 1 saturated heterocycles. The van der Waals surface area contributed by atoms with Gasteiger partial charge in [0.1, 0.15) is 11.9 Å². The van der Waals surface area contributed by atoms with E-state index in [-0.39, 0.29) is 18.5 Å². The molecule has 1 fully saturated rings. The van der Waals surface area contributed by atoms with Gasteiger partial charge in [-0.2, -0.15) is 0 Å². The summed E-state index contributed by atoms with van der Waals surface area (Å²) in [6.45, 7) is 0.0838. The lowest BCUT2D eigenvalue weighted by molar-refractivity contribution is -0.122. The fourth-order valence-corrected chi connectivity index (χ4v) is 4.46. The molecule has 3 aromatic rings. The van der Waals surface area contributed by atoms with Crippen LogP contribution in [0.5, 0.6) is 11.5 Å². The second-order valence-corrected chi connectivity index (χ2v) is 9.10. The Kier molecular flexibility index (Phi) is 7.69. The summed E-state index contributed by atoms with van der Waals surface area (Å²) >= 11 is 3.34. The molecule has 186 valence electrons. The number of hydrogen-bond acceptors (Lipinski definition) is 5. The van der Waals surface area contributed by atoms with Crippen LogP contribution < -0.4 is 14.4 Å². The second-order valence-electron chi connectivity index (χ2n) is 8.18. The number of benzene rings is 3. The first-order valence-corrected chi connectivity index (χ1v) is 12.0. The standard InChI is InChI=1S/C27H24BrFN2O5/c1-35-23-12-7-17(15-24(23)36-2)13-14-30(26(33)20-5-3-4-6-21(20)29)22-16-25(32)31(27(22)34)19-10-8-18(28)9-11-19/h3-12,15,22H,13-14,16H2,1-2H3. The highest BCUT2D eigenvalue weighted by Crippen LogP contribution is 2.30. The van der Waals surface area contributed by atoms with E-state index in [0.717, 1.165) is 14.9 Å². The summed E-state index contributed by atoms with van der Waals surface area (Å²) in [5.74, 6) is -1.22. The molecule has 1 aliphatic heterocycles. The Balaban J connectivity index is 1.65. The lowest BCUT2D eigenvalue weighted by Gasteiger charge is -2.28. The summed E-state index contributed by atoms with van der Waals surface area (Å²) < 4.78 is 26.0. The van der Waals surface area contributed by atoms with Crippen LogP contribution in [0.3, 0.4) is 0 Å². The van der Waals surface area contributed by atoms with E-state index in [1.54, 1.807) is 42.5 Å². The number of rotatable bonds is 8. The van der Waals surface area contributed by atoms with Gasteiger partial charge in [0.05, 0.1) is 31.9 Å². The van der Waals surface area contributed by atoms with E-state index >= 15 is 0 Å². The van der Waals surface area contributed by atoms with Gasteiger partial charge < -0.3 is 14.4 Å². The largest absolute Gasteiger partial charge is 0.493 e. The molecule has 0 spiro atoms. The van der Waals surface area contributed by atoms with Crippen LogP contribution in [0, 0.1) is 5.82 Å². The summed E-state index contributed by atoms with van der Waals surface area (Å²) in [4.78, 5) is 42.2. The molecule has 1 atom stereocenters. The van der Waals surface area contributed by atoms with Gasteiger partial charge in [-0.15, -0.1) is 0 Å². The van der Waals surface area contributed by atoms with Crippen molar-refractivity contribution < 1.29 is 28.2 Å². The third kappa shape index (κ3) is 5.11. The van der Waals surface area contributed by atoms with Crippen LogP contribution in [0.15, 0.2) is 71.2 Å². The summed E-state index contributed by atoms with van der Waals surface area (Å²) in [5, 5.41) is 0. The molecule has 1 heterocycles. The van der Waals surface area contributed by atoms with Crippen LogP contribution in [0.1, 0.15) is 22.3 Å². The number of halogens is 2. The first-order valence-electron chi connectivity index (χ1n) is 11.2. The Morgan fingerprint density at radius 1 is 1.03 bits per heavy atom. The molecule has 1 unspecified atom stereocenters. The predicted octanol–water partition coefficient (Wildman–Crippen LogP) is 4.62. The van der Waals surface area contributed by atoms with E-state index in [9.17, 15) is 18.8 Å². The minimum Gasteiger partial charge on any atom is -0.493 e. The second kappa shape index (κ2) is 10.9. The topological polar surface area (TPSA) is 76.2 Å². The number of imide groups is 1. The van der Waals surface area contributed by atoms with Crippen molar-refractivity contribution in [3.63, 3.8) is 0 Å². The van der Waals surface area contributed by atoms with Crippen molar-refractivity contribution in [2.75, 3.05) is 25.7 Å². The fourth-order valence-electron chi connectivity index (χ4n) is 4.19. The first kappa shape index (κ1) is 25.4. The van der Waals surface area contributed by atoms with Crippen LogP contribution in [-0.2, 0) is 16.0 Å². The van der Waals surface area contributed by atoms with Crippen molar-refractivity contribution in [3.05, 3.63) is 88.1 Å². The summed E-state index contributed by atoms with van der Waals surface area (Å²) in [6, 6.07) is 16.6. The Bertz CT molecular complexity index is 1300. The smallest absolute Gasteiger partial charge is 0.257 e. The van der Waals surface area contributed by atoms with Crippen LogP contribution >= 0.6 is 15.9 Å². The van der Waals surface area contributed by atoms with E-state index in [1.807, 2.05) is 6.07 Å². The van der Waals surface area contributed by atoms with Gasteiger partial charge in [0.15, 0.2) is 11.5 Å². The number of carbonyl (C=O) groups excluding carboxylic acids is 3. The number of hydrogen-bond donors (Lipinski definition) is 0. The molecule has 0 aromatic heterocycles. The molecule has 0 radical (unpaired) electrons. The van der Waals surface area contributed by atoms with Crippen molar-refractivity contribution in [3.8, 4) is 11.5 Å². The Morgan fingerprint density at radius 2 is 1.72 bits per heavy atom. The van der Waals surface area contributed by atoms with Crippen molar-refractivity contribution in [2.45, 2.75) is 18.9 Å². The summed E-state index contributed by atoms with van der Waals surface area (Å²) in [7, 11) is 3.06. The van der Waals surface area contributed by atoms with Gasteiger partial charge in [0.2, 0.25) is 5.91 Å². The number of nitrogens with zero attached hydrogens (tertiary/aromatic N) is 2. The van der Waals surface area contributed by atoms with Gasteiger partial charge in [-0.1, -0.05) is 34.1 Å². The van der Waals surface area contributed by atoms with Crippen molar-refractivity contribution in [2.24, 2.45) is 0 Å². The maximum Gasteiger partial charge on any atom is 0.257 e. The maximum atomic E-state index is 14.5. The summed E-state index contributed by atoms with van der Waals surface area (Å²) in [5.41, 5.74) is 1.07. The molecule has 36 heavy (non-hydrogen) atoms. The average molecular weight is 555 g/mol. The van der Waals surface area contributed by atoms with Crippen LogP contribution in [0.2, 0.25) is 0 Å². The van der Waals surface area contributed by atoms with Gasteiger partial charge in [0, 0.05) is 11.0 Å². The van der Waals surface area contributed by atoms with Crippen LogP contribution in [0.25, 0.3) is 0 Å². The zero-order valence-electron chi connectivity index (χ0n) is 19.7. The summed E-state index contributed by atoms with van der Waals surface area (Å²) in [6.07, 6.45) is 0.151. The molecular weight excluding hydrogens is 531 g/mol. The molecular formula is C27H24BrFN2O5. The highest BCUT2D eigenvalue weighted by molar-refractivity contribution is 9.10. The molecule has 0 bridgehead atoms. The first-order chi connectivity index (χ1) is 17.3. The average Bonchev–Trinajstić information content (AvgIpc) is 3.18. The quantitative estimate of drug-likeness (QED) is 0.380. The van der Waals surface area contributed by atoms with E-state index in [1.165, 1.54) is 37.3 Å². The number of amides is 3. The zero-order valence-corrected chi connectivity index (χ0v) is 21.3. The third-order valence-electron chi connectivity index (χ3n) is 6.04. The minimum atomic E-state index is -1.06. The minimum absolute atomic E-state index is 0.0838. The lowest BCUT2D eigenvalue weighted by Crippen LogP contribution is -2.46. The van der Waals surface area contributed by atoms with Gasteiger partial charge in [-0.3, -0.25) is 14.4 Å². The number of carbonyl (C=O) groups is 3. The predicted molar refractivity (Wildman–Crippen MR) is 136 cm³/mol. The van der Waals surface area contributed by atoms with Crippen LogP contribution in [0.4, 0.5) is 10.1 Å². The number of ether oxygens (including phenoxy) is 2. The zero-order chi connectivity index (χ0) is 25.8. The normalized spacial score (nSPS) is 15.2. The number of anilines is 1. The molecule has 0 aliphatic carbocycles. The van der Waals surface area contributed by atoms with E-state index in [0.29, 0.717) is 23.6 Å².